The minimum absolute atomic E-state index is 0.896. The van der Waals surface area contributed by atoms with E-state index in [0.29, 0.717) is 0 Å². The molecule has 4 aromatic heterocycles. The van der Waals surface area contributed by atoms with Crippen LogP contribution >= 0.6 is 0 Å². The maximum atomic E-state index is 5.30. The molecule has 234 valence electrons. The third-order valence-corrected chi connectivity index (χ3v) is 9.81. The van der Waals surface area contributed by atoms with Crippen LogP contribution in [0.4, 0.5) is 0 Å². The molecule has 0 bridgehead atoms. The lowest BCUT2D eigenvalue weighted by Crippen LogP contribution is -2.00. The second kappa shape index (κ2) is 11.4. The van der Waals surface area contributed by atoms with Crippen molar-refractivity contribution in [3.63, 3.8) is 0 Å². The zero-order valence-electron chi connectivity index (χ0n) is 27.1. The van der Waals surface area contributed by atoms with E-state index in [1.165, 1.54) is 38.2 Å². The van der Waals surface area contributed by atoms with Crippen LogP contribution in [0.2, 0.25) is 0 Å². The van der Waals surface area contributed by atoms with Crippen LogP contribution in [0.1, 0.15) is 0 Å². The fraction of sp³-hybridized carbons (Fsp3) is 0. The third kappa shape index (κ3) is 4.54. The van der Waals surface area contributed by atoms with Crippen molar-refractivity contribution in [3.05, 3.63) is 182 Å². The van der Waals surface area contributed by atoms with Crippen LogP contribution in [0.5, 0.6) is 0 Å². The van der Waals surface area contributed by atoms with E-state index in [9.17, 15) is 0 Å². The van der Waals surface area contributed by atoms with Crippen LogP contribution in [0.15, 0.2) is 182 Å². The highest BCUT2D eigenvalue weighted by molar-refractivity contribution is 6.12. The standard InChI is InChI=1S/C46H30N4/c1-4-12-31(13-5-1)35-28-41(32-14-6-2-7-15-32)48-46(29-35)50-42-19-11-10-18-37(42)39-26-34(21-23-44(39)50)33-20-22-43-40(27-33)38-24-25-47-30-45(38)49(43)36-16-8-3-9-17-36/h1-30H. The van der Waals surface area contributed by atoms with E-state index < -0.39 is 0 Å². The highest BCUT2D eigenvalue weighted by Gasteiger charge is 2.18. The van der Waals surface area contributed by atoms with Gasteiger partial charge in [-0.25, -0.2) is 4.98 Å². The molecule has 0 atom stereocenters. The van der Waals surface area contributed by atoms with Crippen molar-refractivity contribution in [3.8, 4) is 45.0 Å². The number of hydrogen-bond acceptors (Lipinski definition) is 2. The first-order valence-corrected chi connectivity index (χ1v) is 16.9. The predicted molar refractivity (Wildman–Crippen MR) is 207 cm³/mol. The molecule has 50 heavy (non-hydrogen) atoms. The average Bonchev–Trinajstić information content (AvgIpc) is 3.71. The summed E-state index contributed by atoms with van der Waals surface area (Å²) in [4.78, 5) is 9.78. The first-order chi connectivity index (χ1) is 24.8. The molecule has 0 radical (unpaired) electrons. The summed E-state index contributed by atoms with van der Waals surface area (Å²) in [5.74, 6) is 0.896. The third-order valence-electron chi connectivity index (χ3n) is 9.81. The molecule has 0 saturated carbocycles. The van der Waals surface area contributed by atoms with Crippen LogP contribution in [0.25, 0.3) is 88.6 Å². The summed E-state index contributed by atoms with van der Waals surface area (Å²) < 4.78 is 4.62. The van der Waals surface area contributed by atoms with Gasteiger partial charge in [-0.1, -0.05) is 109 Å². The minimum atomic E-state index is 0.896. The topological polar surface area (TPSA) is 35.6 Å². The van der Waals surface area contributed by atoms with Gasteiger partial charge in [0.05, 0.1) is 34.0 Å². The SMILES string of the molecule is c1ccc(-c2cc(-c3ccccc3)nc(-n3c4ccccc4c4cc(-c5ccc6c(c5)c5ccncc5n6-c5ccccc5)ccc43)c2)cc1. The minimum Gasteiger partial charge on any atom is -0.308 e. The lowest BCUT2D eigenvalue weighted by Gasteiger charge is -2.13. The first kappa shape index (κ1) is 28.3. The molecule has 4 heterocycles. The number of benzene rings is 6. The van der Waals surface area contributed by atoms with Gasteiger partial charge in [0.25, 0.3) is 0 Å². The van der Waals surface area contributed by atoms with Gasteiger partial charge in [0.2, 0.25) is 0 Å². The van der Waals surface area contributed by atoms with Crippen molar-refractivity contribution in [2.45, 2.75) is 0 Å². The van der Waals surface area contributed by atoms with Crippen molar-refractivity contribution >= 4 is 43.6 Å². The van der Waals surface area contributed by atoms with Gasteiger partial charge in [0, 0.05) is 39.0 Å². The number of aromatic nitrogens is 4. The van der Waals surface area contributed by atoms with Gasteiger partial charge in [-0.05, 0) is 82.9 Å². The van der Waals surface area contributed by atoms with Crippen molar-refractivity contribution in [1.82, 2.24) is 19.1 Å². The van der Waals surface area contributed by atoms with Gasteiger partial charge in [0.15, 0.2) is 0 Å². The molecule has 0 unspecified atom stereocenters. The molecule has 10 rings (SSSR count). The molecule has 0 aliphatic rings. The first-order valence-electron chi connectivity index (χ1n) is 16.9. The summed E-state index contributed by atoms with van der Waals surface area (Å²) in [5.41, 5.74) is 12.3. The Kier molecular flexibility index (Phi) is 6.46. The molecule has 4 nitrogen and oxygen atoms in total. The van der Waals surface area contributed by atoms with E-state index in [1.54, 1.807) is 0 Å². The zero-order chi connectivity index (χ0) is 33.0. The molecule has 0 aliphatic carbocycles. The fourth-order valence-corrected chi connectivity index (χ4v) is 7.49. The van der Waals surface area contributed by atoms with Crippen LogP contribution in [0.3, 0.4) is 0 Å². The highest BCUT2D eigenvalue weighted by Crippen LogP contribution is 2.39. The summed E-state index contributed by atoms with van der Waals surface area (Å²) in [5, 5.41) is 4.80. The molecular formula is C46H30N4. The molecule has 4 heteroatoms. The van der Waals surface area contributed by atoms with Crippen molar-refractivity contribution < 1.29 is 0 Å². The second-order valence-corrected chi connectivity index (χ2v) is 12.7. The fourth-order valence-electron chi connectivity index (χ4n) is 7.49. The van der Waals surface area contributed by atoms with Gasteiger partial charge in [-0.2, -0.15) is 0 Å². The number of pyridine rings is 2. The van der Waals surface area contributed by atoms with E-state index in [4.69, 9.17) is 4.98 Å². The lowest BCUT2D eigenvalue weighted by atomic mass is 10.0. The van der Waals surface area contributed by atoms with Gasteiger partial charge >= 0.3 is 0 Å². The quantitative estimate of drug-likeness (QED) is 0.188. The Labute approximate surface area is 289 Å². The normalized spacial score (nSPS) is 11.6. The summed E-state index contributed by atoms with van der Waals surface area (Å²) in [6.07, 6.45) is 3.85. The summed E-state index contributed by atoms with van der Waals surface area (Å²) >= 11 is 0. The summed E-state index contributed by atoms with van der Waals surface area (Å²) in [6, 6.07) is 60.4. The van der Waals surface area contributed by atoms with Crippen molar-refractivity contribution in [2.24, 2.45) is 0 Å². The van der Waals surface area contributed by atoms with Crippen molar-refractivity contribution in [2.75, 3.05) is 0 Å². The number of para-hydroxylation sites is 2. The maximum absolute atomic E-state index is 5.30. The Balaban J connectivity index is 1.17. The summed E-state index contributed by atoms with van der Waals surface area (Å²) in [6.45, 7) is 0. The Morgan fingerprint density at radius 1 is 0.360 bits per heavy atom. The van der Waals surface area contributed by atoms with E-state index in [0.717, 1.165) is 50.4 Å². The van der Waals surface area contributed by atoms with Crippen molar-refractivity contribution in [1.29, 1.82) is 0 Å². The molecule has 0 spiro atoms. The van der Waals surface area contributed by atoms with Crippen LogP contribution in [0, 0.1) is 0 Å². The number of nitrogens with zero attached hydrogens (tertiary/aromatic N) is 4. The largest absolute Gasteiger partial charge is 0.308 e. The van der Waals surface area contributed by atoms with Gasteiger partial charge < -0.3 is 4.57 Å². The molecule has 0 saturated heterocycles. The van der Waals surface area contributed by atoms with E-state index in [1.807, 2.05) is 18.5 Å². The molecule has 6 aromatic carbocycles. The van der Waals surface area contributed by atoms with E-state index in [2.05, 4.69) is 178 Å². The predicted octanol–water partition coefficient (Wildman–Crippen LogP) is 11.7. The monoisotopic (exact) mass is 638 g/mol. The smallest absolute Gasteiger partial charge is 0.138 e. The Morgan fingerprint density at radius 2 is 0.940 bits per heavy atom. The van der Waals surface area contributed by atoms with E-state index in [-0.39, 0.29) is 0 Å². The second-order valence-electron chi connectivity index (χ2n) is 12.7. The van der Waals surface area contributed by atoms with Gasteiger partial charge in [-0.3, -0.25) is 9.55 Å². The molecule has 10 aromatic rings. The van der Waals surface area contributed by atoms with Crippen LogP contribution in [-0.4, -0.2) is 19.1 Å². The molecule has 0 N–H and O–H groups in total. The average molecular weight is 639 g/mol. The van der Waals surface area contributed by atoms with Gasteiger partial charge in [-0.15, -0.1) is 0 Å². The van der Waals surface area contributed by atoms with Crippen LogP contribution < -0.4 is 0 Å². The highest BCUT2D eigenvalue weighted by atomic mass is 15.1. The molecule has 0 aliphatic heterocycles. The number of rotatable bonds is 5. The molecule has 0 amide bonds. The Morgan fingerprint density at radius 3 is 1.66 bits per heavy atom. The van der Waals surface area contributed by atoms with Gasteiger partial charge in [0.1, 0.15) is 5.82 Å². The number of hydrogen-bond donors (Lipinski definition) is 0. The Bertz CT molecular complexity index is 2790. The molecular weight excluding hydrogens is 609 g/mol. The molecule has 0 fully saturated rings. The maximum Gasteiger partial charge on any atom is 0.138 e. The van der Waals surface area contributed by atoms with Crippen LogP contribution in [-0.2, 0) is 0 Å². The lowest BCUT2D eigenvalue weighted by molar-refractivity contribution is 1.08. The Hall–Kier alpha value is -6.78. The van der Waals surface area contributed by atoms with E-state index >= 15 is 0 Å². The number of fused-ring (bicyclic) bond motifs is 6. The zero-order valence-corrected chi connectivity index (χ0v) is 27.1. The summed E-state index contributed by atoms with van der Waals surface area (Å²) in [7, 11) is 0.